The number of hydrogen-bond donors (Lipinski definition) is 2. The molecule has 3 rings (SSSR count). The summed E-state index contributed by atoms with van der Waals surface area (Å²) in [5.41, 5.74) is 2.27. The Kier molecular flexibility index (Phi) is 6.92. The molecule has 2 aromatic rings. The fraction of sp³-hybridized carbons (Fsp3) is 0.455. The summed E-state index contributed by atoms with van der Waals surface area (Å²) in [4.78, 5) is 0. The third-order valence-corrected chi connectivity index (χ3v) is 4.84. The number of aliphatic hydroxyl groups excluding tert-OH is 1. The molecule has 1 fully saturated rings. The lowest BCUT2D eigenvalue weighted by atomic mass is 9.92. The standard InChI is InChI=1S/C22H29NO3/c1-2-25-22-14-18(15-23-19-10-6-7-11-20(19)24)12-13-21(22)26-16-17-8-4-3-5-9-17/h3-5,8-9,12-14,19-20,23-24H,2,6-7,10-11,15-16H2,1H3/t19-,20+/m1/s1. The summed E-state index contributed by atoms with van der Waals surface area (Å²) in [6.07, 6.45) is 4.02. The lowest BCUT2D eigenvalue weighted by Crippen LogP contribution is -2.41. The van der Waals surface area contributed by atoms with Gasteiger partial charge < -0.3 is 19.9 Å². The number of nitrogens with one attached hydrogen (secondary N) is 1. The van der Waals surface area contributed by atoms with Crippen LogP contribution in [0.15, 0.2) is 48.5 Å². The normalized spacial score (nSPS) is 19.9. The maximum atomic E-state index is 10.1. The maximum absolute atomic E-state index is 10.1. The van der Waals surface area contributed by atoms with Crippen LogP contribution in [0.25, 0.3) is 0 Å². The van der Waals surface area contributed by atoms with Gasteiger partial charge in [0.15, 0.2) is 11.5 Å². The molecule has 0 aliphatic heterocycles. The van der Waals surface area contributed by atoms with Crippen molar-refractivity contribution in [3.05, 3.63) is 59.7 Å². The molecule has 0 saturated heterocycles. The number of ether oxygens (including phenoxy) is 2. The van der Waals surface area contributed by atoms with Crippen LogP contribution in [-0.4, -0.2) is 23.9 Å². The van der Waals surface area contributed by atoms with E-state index in [0.717, 1.165) is 48.4 Å². The van der Waals surface area contributed by atoms with E-state index < -0.39 is 0 Å². The van der Waals surface area contributed by atoms with Crippen molar-refractivity contribution < 1.29 is 14.6 Å². The van der Waals surface area contributed by atoms with E-state index in [1.165, 1.54) is 6.42 Å². The van der Waals surface area contributed by atoms with E-state index in [-0.39, 0.29) is 12.1 Å². The first kappa shape index (κ1) is 18.7. The third-order valence-electron chi connectivity index (χ3n) is 4.84. The second kappa shape index (κ2) is 9.60. The van der Waals surface area contributed by atoms with Crippen molar-refractivity contribution >= 4 is 0 Å². The van der Waals surface area contributed by atoms with Gasteiger partial charge in [-0.05, 0) is 43.0 Å². The van der Waals surface area contributed by atoms with E-state index in [2.05, 4.69) is 11.4 Å². The molecule has 0 heterocycles. The van der Waals surface area contributed by atoms with E-state index in [1.807, 2.05) is 49.4 Å². The number of benzene rings is 2. The molecule has 26 heavy (non-hydrogen) atoms. The van der Waals surface area contributed by atoms with Gasteiger partial charge in [0, 0.05) is 12.6 Å². The predicted molar refractivity (Wildman–Crippen MR) is 103 cm³/mol. The van der Waals surface area contributed by atoms with Crippen molar-refractivity contribution in [1.82, 2.24) is 5.32 Å². The summed E-state index contributed by atoms with van der Waals surface area (Å²) in [7, 11) is 0. The van der Waals surface area contributed by atoms with E-state index >= 15 is 0 Å². The van der Waals surface area contributed by atoms with Crippen LogP contribution >= 0.6 is 0 Å². The van der Waals surface area contributed by atoms with Gasteiger partial charge in [0.25, 0.3) is 0 Å². The van der Waals surface area contributed by atoms with E-state index in [9.17, 15) is 5.11 Å². The van der Waals surface area contributed by atoms with Crippen molar-refractivity contribution in [2.24, 2.45) is 0 Å². The Morgan fingerprint density at radius 2 is 1.77 bits per heavy atom. The summed E-state index contributed by atoms with van der Waals surface area (Å²) in [5.74, 6) is 1.53. The highest BCUT2D eigenvalue weighted by Gasteiger charge is 2.22. The molecule has 1 aliphatic rings. The summed E-state index contributed by atoms with van der Waals surface area (Å²) in [5, 5.41) is 13.6. The summed E-state index contributed by atoms with van der Waals surface area (Å²) in [6.45, 7) is 3.82. The number of rotatable bonds is 8. The molecule has 140 valence electrons. The average molecular weight is 355 g/mol. The van der Waals surface area contributed by atoms with Crippen molar-refractivity contribution in [2.75, 3.05) is 6.61 Å². The quantitative estimate of drug-likeness (QED) is 0.750. The monoisotopic (exact) mass is 355 g/mol. The highest BCUT2D eigenvalue weighted by atomic mass is 16.5. The van der Waals surface area contributed by atoms with E-state index in [0.29, 0.717) is 13.2 Å². The Bertz CT molecular complexity index is 674. The van der Waals surface area contributed by atoms with Crippen molar-refractivity contribution in [1.29, 1.82) is 0 Å². The van der Waals surface area contributed by atoms with Gasteiger partial charge in [0.1, 0.15) is 6.61 Å². The minimum Gasteiger partial charge on any atom is -0.490 e. The van der Waals surface area contributed by atoms with Gasteiger partial charge in [0.2, 0.25) is 0 Å². The Hall–Kier alpha value is -2.04. The van der Waals surface area contributed by atoms with Crippen LogP contribution in [0.2, 0.25) is 0 Å². The first-order valence-electron chi connectivity index (χ1n) is 9.60. The van der Waals surface area contributed by atoms with Crippen molar-refractivity contribution in [3.63, 3.8) is 0 Å². The fourth-order valence-electron chi connectivity index (χ4n) is 3.38. The van der Waals surface area contributed by atoms with Crippen LogP contribution in [-0.2, 0) is 13.2 Å². The molecule has 1 saturated carbocycles. The zero-order valence-corrected chi connectivity index (χ0v) is 15.5. The van der Waals surface area contributed by atoms with E-state index in [1.54, 1.807) is 0 Å². The van der Waals surface area contributed by atoms with Crippen molar-refractivity contribution in [2.45, 2.75) is 57.9 Å². The predicted octanol–water partition coefficient (Wildman–Crippen LogP) is 4.06. The molecule has 2 atom stereocenters. The fourth-order valence-corrected chi connectivity index (χ4v) is 3.38. The Morgan fingerprint density at radius 1 is 0.962 bits per heavy atom. The first-order chi connectivity index (χ1) is 12.8. The molecule has 0 aromatic heterocycles. The van der Waals surface area contributed by atoms with Crippen LogP contribution in [0, 0.1) is 0 Å². The molecular formula is C22H29NO3. The van der Waals surface area contributed by atoms with Gasteiger partial charge in [-0.2, -0.15) is 0 Å². The highest BCUT2D eigenvalue weighted by molar-refractivity contribution is 5.43. The second-order valence-electron chi connectivity index (χ2n) is 6.83. The molecule has 4 heteroatoms. The number of hydrogen-bond acceptors (Lipinski definition) is 4. The summed E-state index contributed by atoms with van der Waals surface area (Å²) < 4.78 is 11.7. The molecule has 4 nitrogen and oxygen atoms in total. The van der Waals surface area contributed by atoms with Crippen LogP contribution in [0.5, 0.6) is 11.5 Å². The molecule has 1 aliphatic carbocycles. The number of aliphatic hydroxyl groups is 1. The Morgan fingerprint density at radius 3 is 2.54 bits per heavy atom. The van der Waals surface area contributed by atoms with Gasteiger partial charge in [-0.1, -0.05) is 49.2 Å². The summed E-state index contributed by atoms with van der Waals surface area (Å²) >= 11 is 0. The minimum absolute atomic E-state index is 0.188. The lowest BCUT2D eigenvalue weighted by Gasteiger charge is -2.28. The second-order valence-corrected chi connectivity index (χ2v) is 6.83. The van der Waals surface area contributed by atoms with Gasteiger partial charge in [-0.15, -0.1) is 0 Å². The summed E-state index contributed by atoms with van der Waals surface area (Å²) in [6, 6.07) is 16.4. The lowest BCUT2D eigenvalue weighted by molar-refractivity contribution is 0.0902. The Balaban J connectivity index is 1.62. The highest BCUT2D eigenvalue weighted by Crippen LogP contribution is 2.29. The molecule has 2 N–H and O–H groups in total. The van der Waals surface area contributed by atoms with Gasteiger partial charge in [-0.25, -0.2) is 0 Å². The zero-order chi connectivity index (χ0) is 18.2. The van der Waals surface area contributed by atoms with E-state index in [4.69, 9.17) is 9.47 Å². The SMILES string of the molecule is CCOc1cc(CN[C@@H]2CCCC[C@@H]2O)ccc1OCc1ccccc1. The van der Waals surface area contributed by atoms with Crippen LogP contribution in [0.4, 0.5) is 0 Å². The molecular weight excluding hydrogens is 326 g/mol. The molecule has 0 amide bonds. The minimum atomic E-state index is -0.233. The molecule has 0 spiro atoms. The molecule has 0 radical (unpaired) electrons. The smallest absolute Gasteiger partial charge is 0.161 e. The van der Waals surface area contributed by atoms with Crippen LogP contribution < -0.4 is 14.8 Å². The average Bonchev–Trinajstić information content (AvgIpc) is 2.68. The van der Waals surface area contributed by atoms with Gasteiger partial charge in [-0.3, -0.25) is 0 Å². The van der Waals surface area contributed by atoms with Crippen molar-refractivity contribution in [3.8, 4) is 11.5 Å². The first-order valence-corrected chi connectivity index (χ1v) is 9.60. The largest absolute Gasteiger partial charge is 0.490 e. The van der Waals surface area contributed by atoms with Crippen LogP contribution in [0.1, 0.15) is 43.7 Å². The van der Waals surface area contributed by atoms with Crippen LogP contribution in [0.3, 0.4) is 0 Å². The zero-order valence-electron chi connectivity index (χ0n) is 15.5. The maximum Gasteiger partial charge on any atom is 0.161 e. The Labute approximate surface area is 156 Å². The topological polar surface area (TPSA) is 50.7 Å². The van der Waals surface area contributed by atoms with Gasteiger partial charge >= 0.3 is 0 Å². The van der Waals surface area contributed by atoms with Gasteiger partial charge in [0.05, 0.1) is 12.7 Å². The molecule has 2 aromatic carbocycles. The molecule has 0 unspecified atom stereocenters. The molecule has 0 bridgehead atoms. The third kappa shape index (κ3) is 5.23.